The average Bonchev–Trinajstić information content (AvgIpc) is 3.64. The van der Waals surface area contributed by atoms with Crippen LogP contribution in [0.4, 0.5) is 45.5 Å². The molecule has 0 saturated carbocycles. The van der Waals surface area contributed by atoms with Crippen molar-refractivity contribution in [1.29, 1.82) is 0 Å². The van der Waals surface area contributed by atoms with Crippen molar-refractivity contribution in [3.8, 4) is 22.3 Å². The van der Waals surface area contributed by atoms with Gasteiger partial charge >= 0.3 is 0 Å². The molecule has 0 saturated heterocycles. The summed E-state index contributed by atoms with van der Waals surface area (Å²) in [5.74, 6) is 0. The number of hydrazine groups is 1. The third kappa shape index (κ3) is 8.75. The molecular weight excluding hydrogens is 737 g/mol. The van der Waals surface area contributed by atoms with Gasteiger partial charge in [-0.05, 0) is 94.8 Å². The highest BCUT2D eigenvalue weighted by Gasteiger charge is 2.26. The van der Waals surface area contributed by atoms with Gasteiger partial charge in [0.1, 0.15) is 11.0 Å². The number of fused-ring (bicyclic) bond motifs is 1. The lowest BCUT2D eigenvalue weighted by Gasteiger charge is -2.26. The number of nitrogens with two attached hydrogens (primary N) is 1. The molecule has 8 heteroatoms. The van der Waals surface area contributed by atoms with E-state index in [9.17, 15) is 0 Å². The lowest BCUT2D eigenvalue weighted by Crippen LogP contribution is -2.32. The highest BCUT2D eigenvalue weighted by Crippen LogP contribution is 2.47. The average molecular weight is 791 g/mol. The molecule has 1 heterocycles. The van der Waals surface area contributed by atoms with Gasteiger partial charge < -0.3 is 21.0 Å². The van der Waals surface area contributed by atoms with Crippen molar-refractivity contribution < 1.29 is 0 Å². The number of benzene rings is 7. The quantitative estimate of drug-likeness (QED) is 0.0839. The predicted octanol–water partition coefficient (Wildman–Crippen LogP) is 13.3. The van der Waals surface area contributed by atoms with Crippen molar-refractivity contribution >= 4 is 56.5 Å². The Labute approximate surface area is 354 Å². The van der Waals surface area contributed by atoms with Gasteiger partial charge in [0.2, 0.25) is 0 Å². The zero-order valence-electron chi connectivity index (χ0n) is 35.4. The minimum atomic E-state index is -0.0593. The molecule has 4 N–H and O–H groups in total. The molecule has 8 nitrogen and oxygen atoms in total. The summed E-state index contributed by atoms with van der Waals surface area (Å²) in [4.78, 5) is 6.36. The maximum atomic E-state index is 7.42. The van der Waals surface area contributed by atoms with E-state index < -0.39 is 0 Å². The second-order valence-electron chi connectivity index (χ2n) is 17.7. The Bertz CT molecular complexity index is 2570. The molecule has 0 aliphatic carbocycles. The van der Waals surface area contributed by atoms with Crippen LogP contribution in [0.15, 0.2) is 170 Å². The van der Waals surface area contributed by atoms with Crippen molar-refractivity contribution in [2.45, 2.75) is 48.1 Å². The predicted molar refractivity (Wildman–Crippen MR) is 253 cm³/mol. The highest BCUT2D eigenvalue weighted by molar-refractivity contribution is 6.13. The van der Waals surface area contributed by atoms with Gasteiger partial charge in [-0.3, -0.25) is 0 Å². The lowest BCUT2D eigenvalue weighted by atomic mass is 9.93. The summed E-state index contributed by atoms with van der Waals surface area (Å²) in [5.41, 5.74) is 27.4. The van der Waals surface area contributed by atoms with Crippen molar-refractivity contribution in [3.63, 3.8) is 0 Å². The first-order valence-electron chi connectivity index (χ1n) is 20.6. The van der Waals surface area contributed by atoms with E-state index in [2.05, 4.69) is 208 Å². The van der Waals surface area contributed by atoms with Crippen LogP contribution in [0.25, 0.3) is 33.3 Å². The smallest absolute Gasteiger partial charge is 0.123 e. The van der Waals surface area contributed by atoms with E-state index in [1.807, 2.05) is 29.1 Å². The van der Waals surface area contributed by atoms with Crippen LogP contribution in [0, 0.1) is 10.8 Å². The Kier molecular flexibility index (Phi) is 11.1. The lowest BCUT2D eigenvalue weighted by molar-refractivity contribution is 0.305. The van der Waals surface area contributed by atoms with E-state index in [0.717, 1.165) is 73.1 Å². The Balaban J connectivity index is 1.29. The second-order valence-corrected chi connectivity index (χ2v) is 17.7. The van der Waals surface area contributed by atoms with E-state index in [0.29, 0.717) is 18.8 Å². The van der Waals surface area contributed by atoms with Crippen LogP contribution in [0.3, 0.4) is 0 Å². The summed E-state index contributed by atoms with van der Waals surface area (Å²) in [6.45, 7) is 14.6. The van der Waals surface area contributed by atoms with Gasteiger partial charge in [-0.15, -0.1) is 0 Å². The summed E-state index contributed by atoms with van der Waals surface area (Å²) in [7, 11) is 0. The third-order valence-electron chi connectivity index (χ3n) is 10.3. The minimum absolute atomic E-state index is 0.0178. The number of aromatic nitrogens is 3. The molecule has 0 bridgehead atoms. The van der Waals surface area contributed by atoms with E-state index in [-0.39, 0.29) is 10.8 Å². The molecule has 0 spiro atoms. The van der Waals surface area contributed by atoms with Gasteiger partial charge in [0.15, 0.2) is 0 Å². The van der Waals surface area contributed by atoms with Gasteiger partial charge in [0, 0.05) is 51.8 Å². The Hall–Kier alpha value is -6.90. The maximum Gasteiger partial charge on any atom is 0.123 e. The molecule has 1 aromatic heterocycles. The number of rotatable bonds is 12. The van der Waals surface area contributed by atoms with Crippen molar-refractivity contribution in [2.75, 3.05) is 27.5 Å². The van der Waals surface area contributed by atoms with Crippen molar-refractivity contribution in [2.24, 2.45) is 10.8 Å². The van der Waals surface area contributed by atoms with Gasteiger partial charge in [0.25, 0.3) is 0 Å². The molecule has 0 aliphatic rings. The van der Waals surface area contributed by atoms with Crippen LogP contribution in [-0.4, -0.2) is 21.5 Å². The minimum Gasteiger partial charge on any atom is -0.396 e. The van der Waals surface area contributed by atoms with Crippen LogP contribution in [-0.2, 0) is 6.54 Å². The normalized spacial score (nSPS) is 11.8. The fraction of sp³-hybridized carbons (Fsp3) is 0.192. The molecule has 0 amide bonds. The van der Waals surface area contributed by atoms with Crippen LogP contribution in [0.5, 0.6) is 0 Å². The van der Waals surface area contributed by atoms with Crippen molar-refractivity contribution in [1.82, 2.24) is 20.4 Å². The first-order chi connectivity index (χ1) is 28.9. The molecule has 302 valence electrons. The van der Waals surface area contributed by atoms with Crippen LogP contribution >= 0.6 is 0 Å². The maximum absolute atomic E-state index is 7.42. The summed E-state index contributed by atoms with van der Waals surface area (Å²) in [5, 5.41) is 10.5. The number of nitrogens with zero attached hydrogens (tertiary/aromatic N) is 5. The molecule has 0 atom stereocenters. The molecule has 0 radical (unpaired) electrons. The summed E-state index contributed by atoms with van der Waals surface area (Å²) in [6.07, 6.45) is 0. The van der Waals surface area contributed by atoms with E-state index in [1.165, 1.54) is 0 Å². The van der Waals surface area contributed by atoms with Gasteiger partial charge in [-0.25, -0.2) is 5.43 Å². The first-order valence-corrected chi connectivity index (χ1v) is 20.6. The zero-order chi connectivity index (χ0) is 41.9. The standard InChI is InChI=1S/C52H54N8/c1-51(2,3)35-54-55-48-46(38-29-33-44(34-30-38)60(41-23-15-9-16-24-41)42-25-17-10-18-26-42)50-49(56-58(57-50)36-52(4,5)6)45(47(48)53)37-27-31-43(32-28-37)59(39-19-11-7-12-20-39)40-21-13-8-14-22-40/h7-34,54-55H,35-36,53H2,1-6H3. The Morgan fingerprint density at radius 3 is 1.18 bits per heavy atom. The van der Waals surface area contributed by atoms with E-state index in [4.69, 9.17) is 15.9 Å². The molecule has 0 fully saturated rings. The second kappa shape index (κ2) is 16.8. The highest BCUT2D eigenvalue weighted by atomic mass is 15.5. The fourth-order valence-electron chi connectivity index (χ4n) is 7.54. The number of nitrogens with one attached hydrogen (secondary N) is 2. The van der Waals surface area contributed by atoms with Crippen LogP contribution < -0.4 is 26.4 Å². The van der Waals surface area contributed by atoms with E-state index in [1.54, 1.807) is 0 Å². The topological polar surface area (TPSA) is 87.3 Å². The van der Waals surface area contributed by atoms with Gasteiger partial charge in [0.05, 0.1) is 17.9 Å². The van der Waals surface area contributed by atoms with Crippen LogP contribution in [0.2, 0.25) is 0 Å². The molecule has 8 aromatic rings. The first kappa shape index (κ1) is 39.9. The number of para-hydroxylation sites is 4. The van der Waals surface area contributed by atoms with Crippen LogP contribution in [0.1, 0.15) is 41.5 Å². The zero-order valence-corrected chi connectivity index (χ0v) is 35.4. The molecule has 8 rings (SSSR count). The van der Waals surface area contributed by atoms with Gasteiger partial charge in [-0.2, -0.15) is 15.0 Å². The number of hydrogen-bond acceptors (Lipinski definition) is 7. The fourth-order valence-corrected chi connectivity index (χ4v) is 7.54. The Morgan fingerprint density at radius 2 is 0.817 bits per heavy atom. The van der Waals surface area contributed by atoms with Gasteiger partial charge in [-0.1, -0.05) is 139 Å². The third-order valence-corrected chi connectivity index (χ3v) is 10.3. The Morgan fingerprint density at radius 1 is 0.467 bits per heavy atom. The molecular formula is C52H54N8. The molecule has 0 aliphatic heterocycles. The summed E-state index contributed by atoms with van der Waals surface area (Å²) >= 11 is 0. The number of nitrogen functional groups attached to an aromatic ring is 1. The summed E-state index contributed by atoms with van der Waals surface area (Å²) in [6, 6.07) is 59.0. The molecule has 0 unspecified atom stereocenters. The molecule has 7 aromatic carbocycles. The number of anilines is 8. The SMILES string of the molecule is CC(C)(C)CNNc1c(N)c(-c2ccc(N(c3ccccc3)c3ccccc3)cc2)c2nn(CC(C)(C)C)nc2c1-c1ccc(N(c2ccccc2)c2ccccc2)cc1. The van der Waals surface area contributed by atoms with E-state index >= 15 is 0 Å². The number of hydrogen-bond donors (Lipinski definition) is 3. The molecule has 60 heavy (non-hydrogen) atoms. The monoisotopic (exact) mass is 790 g/mol. The summed E-state index contributed by atoms with van der Waals surface area (Å²) < 4.78 is 0. The largest absolute Gasteiger partial charge is 0.396 e. The van der Waals surface area contributed by atoms with Crippen molar-refractivity contribution in [3.05, 3.63) is 170 Å².